The Hall–Kier alpha value is -1.74. The van der Waals surface area contributed by atoms with E-state index in [0.29, 0.717) is 22.9 Å². The standard InChI is InChI=1S/C13H8N4O3S.Na.H/c18-21(19)11-4-2-1-3-9(11)20-10-6-5-8(7-12(10)21)13-14-16-17-15-13;;/h1-7H,(H,14,15,16,17);;/q;+1;-1. The molecule has 0 fully saturated rings. The van der Waals surface area contributed by atoms with Gasteiger partial charge in [-0.25, -0.2) is 8.42 Å². The summed E-state index contributed by atoms with van der Waals surface area (Å²) < 4.78 is 31.0. The molecule has 2 heterocycles. The van der Waals surface area contributed by atoms with Crippen LogP contribution in [0.25, 0.3) is 11.4 Å². The summed E-state index contributed by atoms with van der Waals surface area (Å²) in [7, 11) is -3.63. The SMILES string of the molecule is O=S1(=O)c2ccccc2Oc2ccc(-c3nn[nH]n3)cc21.[H-].[Na+]. The number of tetrazole rings is 1. The molecule has 0 saturated heterocycles. The van der Waals surface area contributed by atoms with Crippen molar-refractivity contribution >= 4 is 9.84 Å². The van der Waals surface area contributed by atoms with E-state index in [1.165, 1.54) is 12.1 Å². The molecule has 1 aromatic heterocycles. The van der Waals surface area contributed by atoms with Crippen LogP contribution in [0.2, 0.25) is 0 Å². The molecule has 1 aliphatic rings. The molecule has 106 valence electrons. The van der Waals surface area contributed by atoms with E-state index >= 15 is 0 Å². The summed E-state index contributed by atoms with van der Waals surface area (Å²) in [6, 6.07) is 11.3. The van der Waals surface area contributed by atoms with Gasteiger partial charge in [0, 0.05) is 5.56 Å². The number of nitrogens with one attached hydrogen (secondary N) is 1. The topological polar surface area (TPSA) is 97.8 Å². The van der Waals surface area contributed by atoms with Crippen LogP contribution < -0.4 is 34.3 Å². The molecular weight excluding hydrogens is 315 g/mol. The molecule has 0 aliphatic carbocycles. The number of H-pyrrole nitrogens is 1. The predicted molar refractivity (Wildman–Crippen MR) is 72.7 cm³/mol. The maximum Gasteiger partial charge on any atom is 1.00 e. The molecule has 1 N–H and O–H groups in total. The van der Waals surface area contributed by atoms with E-state index < -0.39 is 9.84 Å². The average Bonchev–Trinajstić information content (AvgIpc) is 3.01. The molecule has 3 aromatic rings. The van der Waals surface area contributed by atoms with E-state index in [-0.39, 0.29) is 40.8 Å². The predicted octanol–water partition coefficient (Wildman–Crippen LogP) is -1.08. The molecule has 22 heavy (non-hydrogen) atoms. The van der Waals surface area contributed by atoms with Crippen molar-refractivity contribution in [2.24, 2.45) is 0 Å². The number of para-hydroxylation sites is 1. The molecule has 1 aliphatic heterocycles. The Morgan fingerprint density at radius 3 is 2.59 bits per heavy atom. The van der Waals surface area contributed by atoms with Gasteiger partial charge in [-0.15, -0.1) is 10.2 Å². The number of benzene rings is 2. The number of aromatic amines is 1. The van der Waals surface area contributed by atoms with Crippen LogP contribution in [0.1, 0.15) is 1.43 Å². The number of sulfone groups is 1. The summed E-state index contributed by atoms with van der Waals surface area (Å²) in [6.07, 6.45) is 0. The van der Waals surface area contributed by atoms with Crippen LogP contribution in [-0.2, 0) is 9.84 Å². The van der Waals surface area contributed by atoms with Gasteiger partial charge < -0.3 is 6.16 Å². The summed E-state index contributed by atoms with van der Waals surface area (Å²) >= 11 is 0. The van der Waals surface area contributed by atoms with E-state index in [9.17, 15) is 8.42 Å². The van der Waals surface area contributed by atoms with Crippen LogP contribution in [0.5, 0.6) is 11.5 Å². The molecular formula is C13H9N4NaO3S. The maximum atomic E-state index is 12.7. The van der Waals surface area contributed by atoms with Crippen LogP contribution in [0.15, 0.2) is 52.3 Å². The zero-order valence-electron chi connectivity index (χ0n) is 12.5. The molecule has 0 saturated carbocycles. The summed E-state index contributed by atoms with van der Waals surface area (Å²) in [4.78, 5) is 0.256. The van der Waals surface area contributed by atoms with Crippen molar-refractivity contribution in [1.29, 1.82) is 0 Å². The first-order valence-electron chi connectivity index (χ1n) is 6.06. The molecule has 0 spiro atoms. The normalized spacial score (nSPS) is 14.2. The first-order chi connectivity index (χ1) is 10.2. The van der Waals surface area contributed by atoms with Gasteiger partial charge in [0.1, 0.15) is 21.3 Å². The van der Waals surface area contributed by atoms with E-state index in [2.05, 4.69) is 20.6 Å². The quantitative estimate of drug-likeness (QED) is 0.447. The monoisotopic (exact) mass is 324 g/mol. The van der Waals surface area contributed by atoms with Crippen LogP contribution in [0.3, 0.4) is 0 Å². The number of fused-ring (bicyclic) bond motifs is 2. The number of ether oxygens (including phenoxy) is 1. The average molecular weight is 324 g/mol. The van der Waals surface area contributed by atoms with Gasteiger partial charge in [-0.3, -0.25) is 0 Å². The smallest absolute Gasteiger partial charge is 1.00 e. The van der Waals surface area contributed by atoms with Crippen LogP contribution in [0, 0.1) is 0 Å². The maximum absolute atomic E-state index is 12.7. The van der Waals surface area contributed by atoms with Crippen molar-refractivity contribution in [2.75, 3.05) is 0 Å². The van der Waals surface area contributed by atoms with Crippen LogP contribution in [0.4, 0.5) is 0 Å². The zero-order chi connectivity index (χ0) is 14.4. The van der Waals surface area contributed by atoms with Gasteiger partial charge in [-0.05, 0) is 35.5 Å². The van der Waals surface area contributed by atoms with Crippen LogP contribution in [-0.4, -0.2) is 29.0 Å². The molecule has 0 radical (unpaired) electrons. The second kappa shape index (κ2) is 5.47. The summed E-state index contributed by atoms with van der Waals surface area (Å²) in [5.41, 5.74) is 0.550. The Bertz CT molecular complexity index is 948. The van der Waals surface area contributed by atoms with Gasteiger partial charge in [0.25, 0.3) is 0 Å². The molecule has 0 unspecified atom stereocenters. The van der Waals surface area contributed by atoms with Crippen molar-refractivity contribution < 1.29 is 44.1 Å². The van der Waals surface area contributed by atoms with E-state index in [1.807, 2.05) is 0 Å². The minimum absolute atomic E-state index is 0. The minimum Gasteiger partial charge on any atom is -1.00 e. The van der Waals surface area contributed by atoms with Crippen molar-refractivity contribution in [1.82, 2.24) is 20.6 Å². The molecule has 2 aromatic carbocycles. The molecule has 4 rings (SSSR count). The van der Waals surface area contributed by atoms with Gasteiger partial charge in [0.05, 0.1) is 0 Å². The number of aromatic nitrogens is 4. The Morgan fingerprint density at radius 2 is 1.82 bits per heavy atom. The second-order valence-electron chi connectivity index (χ2n) is 4.45. The van der Waals surface area contributed by atoms with E-state index in [1.54, 1.807) is 30.3 Å². The van der Waals surface area contributed by atoms with Gasteiger partial charge in [-0.1, -0.05) is 12.1 Å². The fraction of sp³-hybridized carbons (Fsp3) is 0. The van der Waals surface area contributed by atoms with E-state index in [4.69, 9.17) is 4.74 Å². The Labute approximate surface area is 149 Å². The Kier molecular flexibility index (Phi) is 3.77. The molecule has 0 atom stereocenters. The van der Waals surface area contributed by atoms with Gasteiger partial charge in [-0.2, -0.15) is 5.21 Å². The van der Waals surface area contributed by atoms with Crippen molar-refractivity contribution in [3.63, 3.8) is 0 Å². The first-order valence-corrected chi connectivity index (χ1v) is 7.54. The van der Waals surface area contributed by atoms with Crippen molar-refractivity contribution in [3.05, 3.63) is 42.5 Å². The third kappa shape index (κ3) is 2.24. The zero-order valence-corrected chi connectivity index (χ0v) is 14.3. The number of hydrogen-bond donors (Lipinski definition) is 1. The first kappa shape index (κ1) is 15.2. The Morgan fingerprint density at radius 1 is 1.05 bits per heavy atom. The van der Waals surface area contributed by atoms with Gasteiger partial charge >= 0.3 is 29.6 Å². The second-order valence-corrected chi connectivity index (χ2v) is 6.34. The van der Waals surface area contributed by atoms with E-state index in [0.717, 1.165) is 0 Å². The van der Waals surface area contributed by atoms with Gasteiger partial charge in [0.15, 0.2) is 0 Å². The molecule has 0 bridgehead atoms. The van der Waals surface area contributed by atoms with Crippen LogP contribution >= 0.6 is 0 Å². The third-order valence-corrected chi connectivity index (χ3v) is 5.01. The number of nitrogens with zero attached hydrogens (tertiary/aromatic N) is 3. The minimum atomic E-state index is -3.63. The van der Waals surface area contributed by atoms with Gasteiger partial charge in [0.2, 0.25) is 15.7 Å². The summed E-state index contributed by atoms with van der Waals surface area (Å²) in [5.74, 6) is 0.949. The largest absolute Gasteiger partial charge is 1.00 e. The summed E-state index contributed by atoms with van der Waals surface area (Å²) in [5, 5.41) is 13.5. The molecule has 7 nitrogen and oxygen atoms in total. The number of rotatable bonds is 1. The summed E-state index contributed by atoms with van der Waals surface area (Å²) in [6.45, 7) is 0. The third-order valence-electron chi connectivity index (χ3n) is 3.20. The van der Waals surface area contributed by atoms with Crippen molar-refractivity contribution in [2.45, 2.75) is 9.79 Å². The molecule has 9 heteroatoms. The van der Waals surface area contributed by atoms with Crippen molar-refractivity contribution in [3.8, 4) is 22.9 Å². The Balaban J connectivity index is 0.000000960. The number of hydrogen-bond acceptors (Lipinski definition) is 6. The fourth-order valence-electron chi connectivity index (χ4n) is 2.22. The molecule has 0 amide bonds. The fourth-order valence-corrected chi connectivity index (χ4v) is 3.74.